The number of hydrogen-bond donors (Lipinski definition) is 2. The fourth-order valence-electron chi connectivity index (χ4n) is 4.24. The fraction of sp³-hybridized carbons (Fsp3) is 0.542. The highest BCUT2D eigenvalue weighted by Crippen LogP contribution is 2.26. The van der Waals surface area contributed by atoms with E-state index in [-0.39, 0.29) is 23.8 Å². The summed E-state index contributed by atoms with van der Waals surface area (Å²) >= 11 is 0. The summed E-state index contributed by atoms with van der Waals surface area (Å²) in [7, 11) is 0. The second kappa shape index (κ2) is 11.0. The summed E-state index contributed by atoms with van der Waals surface area (Å²) in [5.74, 6) is 0.0114. The van der Waals surface area contributed by atoms with Crippen LogP contribution in [0.25, 0.3) is 6.08 Å². The Balaban J connectivity index is 1.39. The predicted molar refractivity (Wildman–Crippen MR) is 117 cm³/mol. The number of carbonyl (C=O) groups excluding carboxylic acids is 3. The number of carbonyl (C=O) groups is 3. The van der Waals surface area contributed by atoms with E-state index in [0.29, 0.717) is 19.0 Å². The van der Waals surface area contributed by atoms with Gasteiger partial charge in [-0.3, -0.25) is 14.4 Å². The van der Waals surface area contributed by atoms with Crippen LogP contribution in [0.5, 0.6) is 0 Å². The van der Waals surface area contributed by atoms with Crippen LogP contribution < -0.4 is 10.6 Å². The Labute approximate surface area is 179 Å². The molecule has 2 N–H and O–H groups in total. The first-order valence-corrected chi connectivity index (χ1v) is 11.2. The molecule has 1 atom stereocenters. The highest BCUT2D eigenvalue weighted by atomic mass is 16.2. The zero-order chi connectivity index (χ0) is 21.3. The minimum Gasteiger partial charge on any atom is -0.351 e. The Morgan fingerprint density at radius 3 is 2.33 bits per heavy atom. The van der Waals surface area contributed by atoms with Crippen LogP contribution in [-0.4, -0.2) is 47.8 Å². The van der Waals surface area contributed by atoms with E-state index in [2.05, 4.69) is 10.6 Å². The first kappa shape index (κ1) is 22.1. The third-order valence-corrected chi connectivity index (χ3v) is 6.09. The molecule has 1 saturated carbocycles. The molecule has 3 amide bonds. The molecule has 30 heavy (non-hydrogen) atoms. The molecule has 0 spiro atoms. The lowest BCUT2D eigenvalue weighted by Crippen LogP contribution is -2.52. The van der Waals surface area contributed by atoms with Gasteiger partial charge in [0.1, 0.15) is 6.04 Å². The zero-order valence-corrected chi connectivity index (χ0v) is 17.8. The zero-order valence-electron chi connectivity index (χ0n) is 17.8. The van der Waals surface area contributed by atoms with Crippen molar-refractivity contribution in [2.75, 3.05) is 13.1 Å². The Kier molecular flexibility index (Phi) is 8.05. The van der Waals surface area contributed by atoms with Crippen molar-refractivity contribution in [2.45, 2.75) is 64.0 Å². The molecule has 1 aliphatic heterocycles. The van der Waals surface area contributed by atoms with Gasteiger partial charge in [0.05, 0.1) is 0 Å². The van der Waals surface area contributed by atoms with Crippen molar-refractivity contribution in [1.82, 2.24) is 15.5 Å². The molecule has 0 radical (unpaired) electrons. The number of benzene rings is 1. The second-order valence-corrected chi connectivity index (χ2v) is 8.42. The van der Waals surface area contributed by atoms with E-state index < -0.39 is 6.04 Å². The van der Waals surface area contributed by atoms with Crippen molar-refractivity contribution in [2.24, 2.45) is 5.92 Å². The van der Waals surface area contributed by atoms with Gasteiger partial charge < -0.3 is 15.5 Å². The summed E-state index contributed by atoms with van der Waals surface area (Å²) in [4.78, 5) is 39.2. The van der Waals surface area contributed by atoms with Crippen LogP contribution in [0.4, 0.5) is 0 Å². The van der Waals surface area contributed by atoms with Crippen LogP contribution in [0.15, 0.2) is 36.4 Å². The van der Waals surface area contributed by atoms with E-state index >= 15 is 0 Å². The molecule has 1 unspecified atom stereocenters. The molecule has 1 saturated heterocycles. The van der Waals surface area contributed by atoms with Gasteiger partial charge in [-0.15, -0.1) is 0 Å². The van der Waals surface area contributed by atoms with Crippen molar-refractivity contribution < 1.29 is 14.4 Å². The molecule has 6 heteroatoms. The van der Waals surface area contributed by atoms with Gasteiger partial charge in [0, 0.05) is 31.1 Å². The van der Waals surface area contributed by atoms with Crippen molar-refractivity contribution in [3.63, 3.8) is 0 Å². The molecule has 2 fully saturated rings. The largest absolute Gasteiger partial charge is 0.351 e. The molecular weight excluding hydrogens is 378 g/mol. The number of piperidine rings is 1. The van der Waals surface area contributed by atoms with Crippen LogP contribution in [0.3, 0.4) is 0 Å². The molecule has 2 aliphatic rings. The normalized spacial score (nSPS) is 19.4. The van der Waals surface area contributed by atoms with E-state index in [1.54, 1.807) is 13.0 Å². The van der Waals surface area contributed by atoms with E-state index in [1.807, 2.05) is 35.2 Å². The van der Waals surface area contributed by atoms with Gasteiger partial charge in [-0.2, -0.15) is 0 Å². The third kappa shape index (κ3) is 6.44. The fourth-order valence-corrected chi connectivity index (χ4v) is 4.24. The summed E-state index contributed by atoms with van der Waals surface area (Å²) in [5.41, 5.74) is 0.930. The molecule has 1 aromatic rings. The van der Waals surface area contributed by atoms with Gasteiger partial charge >= 0.3 is 0 Å². The second-order valence-electron chi connectivity index (χ2n) is 8.42. The van der Waals surface area contributed by atoms with Gasteiger partial charge in [0.25, 0.3) is 0 Å². The summed E-state index contributed by atoms with van der Waals surface area (Å²) in [5, 5.41) is 5.73. The van der Waals surface area contributed by atoms with Crippen LogP contribution in [0.2, 0.25) is 0 Å². The summed E-state index contributed by atoms with van der Waals surface area (Å²) < 4.78 is 0. The topological polar surface area (TPSA) is 78.5 Å². The molecule has 0 aromatic heterocycles. The summed E-state index contributed by atoms with van der Waals surface area (Å²) in [6.45, 7) is 3.08. The van der Waals surface area contributed by atoms with Crippen LogP contribution in [0.1, 0.15) is 57.4 Å². The van der Waals surface area contributed by atoms with Crippen molar-refractivity contribution in [1.29, 1.82) is 0 Å². The van der Waals surface area contributed by atoms with Crippen molar-refractivity contribution in [3.8, 4) is 0 Å². The molecule has 3 rings (SSSR count). The number of nitrogens with one attached hydrogen (secondary N) is 2. The monoisotopic (exact) mass is 411 g/mol. The molecule has 1 aromatic carbocycles. The van der Waals surface area contributed by atoms with Crippen molar-refractivity contribution in [3.05, 3.63) is 42.0 Å². The van der Waals surface area contributed by atoms with E-state index in [4.69, 9.17) is 0 Å². The number of hydrogen-bond acceptors (Lipinski definition) is 3. The highest BCUT2D eigenvalue weighted by molar-refractivity contribution is 5.95. The standard InChI is InChI=1S/C24H33N3O3/c1-18(25-22(28)13-12-19-8-4-2-5-9-19)23(29)26-21-14-16-27(17-15-21)24(30)20-10-6-3-7-11-20/h2,4-5,8-9,12-13,18,20-21H,3,6-7,10-11,14-17H2,1H3,(H,25,28)(H,26,29)/b13-12+. The first-order valence-electron chi connectivity index (χ1n) is 11.2. The Morgan fingerprint density at radius 2 is 1.67 bits per heavy atom. The van der Waals surface area contributed by atoms with E-state index in [1.165, 1.54) is 12.5 Å². The number of likely N-dealkylation sites (tertiary alicyclic amines) is 1. The molecule has 162 valence electrons. The average molecular weight is 412 g/mol. The number of amides is 3. The molecule has 1 heterocycles. The van der Waals surface area contributed by atoms with Crippen LogP contribution in [0, 0.1) is 5.92 Å². The summed E-state index contributed by atoms with van der Waals surface area (Å²) in [6.07, 6.45) is 10.3. The average Bonchev–Trinajstić information content (AvgIpc) is 2.79. The lowest BCUT2D eigenvalue weighted by atomic mass is 9.87. The Bertz CT molecular complexity index is 748. The number of rotatable bonds is 6. The summed E-state index contributed by atoms with van der Waals surface area (Å²) in [6, 6.07) is 8.98. The molecule has 0 bridgehead atoms. The van der Waals surface area contributed by atoms with Crippen LogP contribution in [-0.2, 0) is 14.4 Å². The maximum Gasteiger partial charge on any atom is 0.244 e. The Morgan fingerprint density at radius 1 is 1.00 bits per heavy atom. The lowest BCUT2D eigenvalue weighted by Gasteiger charge is -2.35. The van der Waals surface area contributed by atoms with Gasteiger partial charge in [0.15, 0.2) is 0 Å². The SMILES string of the molecule is CC(NC(=O)/C=C/c1ccccc1)C(=O)NC1CCN(C(=O)C2CCCCC2)CC1. The van der Waals surface area contributed by atoms with Crippen molar-refractivity contribution >= 4 is 23.8 Å². The molecule has 6 nitrogen and oxygen atoms in total. The van der Waals surface area contributed by atoms with E-state index in [0.717, 1.165) is 44.1 Å². The quantitative estimate of drug-likeness (QED) is 0.707. The molecule has 1 aliphatic carbocycles. The lowest BCUT2D eigenvalue weighted by molar-refractivity contribution is -0.137. The Hall–Kier alpha value is -2.63. The predicted octanol–water partition coefficient (Wildman–Crippen LogP) is 2.89. The van der Waals surface area contributed by atoms with Gasteiger partial charge in [-0.1, -0.05) is 49.6 Å². The maximum atomic E-state index is 12.7. The van der Waals surface area contributed by atoms with Gasteiger partial charge in [-0.05, 0) is 44.2 Å². The smallest absolute Gasteiger partial charge is 0.244 e. The minimum atomic E-state index is -0.611. The molecular formula is C24H33N3O3. The number of nitrogens with zero attached hydrogens (tertiary/aromatic N) is 1. The highest BCUT2D eigenvalue weighted by Gasteiger charge is 2.30. The maximum absolute atomic E-state index is 12.7. The third-order valence-electron chi connectivity index (χ3n) is 6.09. The van der Waals surface area contributed by atoms with E-state index in [9.17, 15) is 14.4 Å². The van der Waals surface area contributed by atoms with Gasteiger partial charge in [0.2, 0.25) is 17.7 Å². The van der Waals surface area contributed by atoms with Gasteiger partial charge in [-0.25, -0.2) is 0 Å². The first-order chi connectivity index (χ1) is 14.5. The minimum absolute atomic E-state index is 0.0483. The van der Waals surface area contributed by atoms with Crippen LogP contribution >= 0.6 is 0 Å².